The molecule has 8 heteroatoms. The quantitative estimate of drug-likeness (QED) is 0.797. The van der Waals surface area contributed by atoms with Gasteiger partial charge in [0.05, 0.1) is 16.9 Å². The first-order chi connectivity index (χ1) is 12.6. The number of amides is 1. The molecule has 1 N–H and O–H groups in total. The summed E-state index contributed by atoms with van der Waals surface area (Å²) >= 11 is 1.21. The maximum Gasteiger partial charge on any atom is 0.491 e. The SMILES string of the molecule is CC(=O)SCC(=Cc1ccc2c(c1)NC(=O)CO2)B1OC(C)(C)C(C)(C)O1. The van der Waals surface area contributed by atoms with Gasteiger partial charge in [-0.1, -0.05) is 23.9 Å². The number of hydrogen-bond donors (Lipinski definition) is 1. The topological polar surface area (TPSA) is 73.9 Å². The van der Waals surface area contributed by atoms with E-state index in [0.717, 1.165) is 11.0 Å². The summed E-state index contributed by atoms with van der Waals surface area (Å²) in [6.45, 7) is 9.54. The van der Waals surface area contributed by atoms with Gasteiger partial charge in [-0.3, -0.25) is 9.59 Å². The van der Waals surface area contributed by atoms with E-state index in [1.807, 2.05) is 52.0 Å². The maximum absolute atomic E-state index is 11.6. The predicted molar refractivity (Wildman–Crippen MR) is 108 cm³/mol. The molecule has 0 atom stereocenters. The van der Waals surface area contributed by atoms with Crippen molar-refractivity contribution in [2.45, 2.75) is 45.8 Å². The molecule has 2 aliphatic rings. The molecule has 3 rings (SSSR count). The predicted octanol–water partition coefficient (Wildman–Crippen LogP) is 3.31. The number of thioether (sulfide) groups is 1. The number of nitrogens with one attached hydrogen (secondary N) is 1. The van der Waals surface area contributed by atoms with Crippen molar-refractivity contribution in [3.05, 3.63) is 29.2 Å². The standard InChI is InChI=1S/C19H24BNO5S/c1-12(22)27-11-14(20-25-18(2,3)19(4,5)26-20)8-13-6-7-16-15(9-13)21-17(23)10-24-16/h6-9H,10-11H2,1-5H3,(H,21,23). The van der Waals surface area contributed by atoms with Gasteiger partial charge in [-0.2, -0.15) is 0 Å². The molecule has 0 bridgehead atoms. The van der Waals surface area contributed by atoms with Gasteiger partial charge in [0.2, 0.25) is 0 Å². The number of benzene rings is 1. The van der Waals surface area contributed by atoms with Crippen molar-refractivity contribution in [1.29, 1.82) is 0 Å². The lowest BCUT2D eigenvalue weighted by molar-refractivity contribution is -0.118. The highest BCUT2D eigenvalue weighted by molar-refractivity contribution is 8.13. The van der Waals surface area contributed by atoms with Gasteiger partial charge in [0, 0.05) is 12.7 Å². The second kappa shape index (κ2) is 7.33. The number of hydrogen-bond acceptors (Lipinski definition) is 6. The summed E-state index contributed by atoms with van der Waals surface area (Å²) < 4.78 is 17.7. The second-order valence-electron chi connectivity index (χ2n) is 7.68. The van der Waals surface area contributed by atoms with Crippen molar-refractivity contribution in [2.24, 2.45) is 0 Å². The van der Waals surface area contributed by atoms with Crippen LogP contribution in [0.1, 0.15) is 40.2 Å². The highest BCUT2D eigenvalue weighted by Gasteiger charge is 2.52. The Bertz CT molecular complexity index is 789. The lowest BCUT2D eigenvalue weighted by atomic mass is 9.78. The lowest BCUT2D eigenvalue weighted by Crippen LogP contribution is -2.41. The van der Waals surface area contributed by atoms with Crippen LogP contribution in [0.5, 0.6) is 5.75 Å². The minimum absolute atomic E-state index is 0.0244. The lowest BCUT2D eigenvalue weighted by Gasteiger charge is -2.32. The van der Waals surface area contributed by atoms with E-state index in [0.29, 0.717) is 17.2 Å². The van der Waals surface area contributed by atoms with Crippen molar-refractivity contribution >= 4 is 41.7 Å². The van der Waals surface area contributed by atoms with Crippen molar-refractivity contribution in [3.8, 4) is 5.75 Å². The van der Waals surface area contributed by atoms with Crippen LogP contribution in [0.25, 0.3) is 6.08 Å². The zero-order valence-electron chi connectivity index (χ0n) is 16.3. The van der Waals surface area contributed by atoms with Crippen molar-refractivity contribution in [2.75, 3.05) is 17.7 Å². The van der Waals surface area contributed by atoms with Crippen LogP contribution in [0.2, 0.25) is 0 Å². The van der Waals surface area contributed by atoms with Crippen LogP contribution in [0.4, 0.5) is 5.69 Å². The van der Waals surface area contributed by atoms with E-state index in [2.05, 4.69) is 5.32 Å². The Balaban J connectivity index is 1.90. The fourth-order valence-corrected chi connectivity index (χ4v) is 3.35. The average molecular weight is 389 g/mol. The molecular weight excluding hydrogens is 365 g/mol. The van der Waals surface area contributed by atoms with Crippen LogP contribution in [0, 0.1) is 0 Å². The van der Waals surface area contributed by atoms with E-state index >= 15 is 0 Å². The average Bonchev–Trinajstić information content (AvgIpc) is 2.78. The van der Waals surface area contributed by atoms with Gasteiger partial charge < -0.3 is 19.4 Å². The van der Waals surface area contributed by atoms with E-state index in [1.54, 1.807) is 0 Å². The Hall–Kier alpha value is -1.77. The minimum Gasteiger partial charge on any atom is -0.482 e. The van der Waals surface area contributed by atoms with Crippen LogP contribution in [0.15, 0.2) is 23.7 Å². The number of carbonyl (C=O) groups is 2. The van der Waals surface area contributed by atoms with Crippen molar-refractivity contribution in [3.63, 3.8) is 0 Å². The molecule has 27 heavy (non-hydrogen) atoms. The van der Waals surface area contributed by atoms with Gasteiger partial charge in [-0.25, -0.2) is 0 Å². The van der Waals surface area contributed by atoms with E-state index in [1.165, 1.54) is 18.7 Å². The van der Waals surface area contributed by atoms with Gasteiger partial charge in [-0.05, 0) is 50.9 Å². The Kier molecular flexibility index (Phi) is 5.43. The molecule has 1 saturated heterocycles. The molecule has 6 nitrogen and oxygen atoms in total. The molecule has 2 aliphatic heterocycles. The molecule has 2 heterocycles. The highest BCUT2D eigenvalue weighted by atomic mass is 32.2. The number of carbonyl (C=O) groups excluding carboxylic acids is 2. The normalized spacial score (nSPS) is 20.7. The van der Waals surface area contributed by atoms with Gasteiger partial charge >= 0.3 is 7.12 Å². The molecule has 0 radical (unpaired) electrons. The number of ether oxygens (including phenoxy) is 1. The molecular formula is C19H24BNO5S. The smallest absolute Gasteiger partial charge is 0.482 e. The first-order valence-corrected chi connectivity index (χ1v) is 9.82. The summed E-state index contributed by atoms with van der Waals surface area (Å²) in [6.07, 6.45) is 1.94. The maximum atomic E-state index is 11.6. The summed E-state index contributed by atoms with van der Waals surface area (Å²) in [5, 5.41) is 2.84. The minimum atomic E-state index is -0.538. The Labute approximate surface area is 164 Å². The molecule has 0 saturated carbocycles. The fraction of sp³-hybridized carbons (Fsp3) is 0.474. The summed E-state index contributed by atoms with van der Waals surface area (Å²) in [5.74, 6) is 0.926. The molecule has 0 aliphatic carbocycles. The number of rotatable bonds is 4. The third-order valence-electron chi connectivity index (χ3n) is 4.99. The summed E-state index contributed by atoms with van der Waals surface area (Å²) in [7, 11) is -0.538. The molecule has 1 amide bonds. The molecule has 144 valence electrons. The van der Waals surface area contributed by atoms with Gasteiger partial charge in [0.15, 0.2) is 11.7 Å². The molecule has 1 aromatic carbocycles. The largest absolute Gasteiger partial charge is 0.491 e. The first kappa shape index (κ1) is 20.0. The fourth-order valence-electron chi connectivity index (χ4n) is 2.76. The van der Waals surface area contributed by atoms with Crippen LogP contribution in [0.3, 0.4) is 0 Å². The van der Waals surface area contributed by atoms with Crippen LogP contribution in [-0.2, 0) is 18.9 Å². The molecule has 1 fully saturated rings. The van der Waals surface area contributed by atoms with E-state index in [-0.39, 0.29) is 17.6 Å². The Morgan fingerprint density at radius 2 is 1.93 bits per heavy atom. The monoisotopic (exact) mass is 389 g/mol. The van der Waals surface area contributed by atoms with Crippen LogP contribution >= 0.6 is 11.8 Å². The van der Waals surface area contributed by atoms with Gasteiger partial charge in [0.25, 0.3) is 5.91 Å². The highest BCUT2D eigenvalue weighted by Crippen LogP contribution is 2.39. The number of fused-ring (bicyclic) bond motifs is 1. The summed E-state index contributed by atoms with van der Waals surface area (Å²) in [5.41, 5.74) is 1.43. The zero-order valence-corrected chi connectivity index (χ0v) is 17.1. The van der Waals surface area contributed by atoms with Gasteiger partial charge in [-0.15, -0.1) is 0 Å². The third-order valence-corrected chi connectivity index (χ3v) is 5.87. The van der Waals surface area contributed by atoms with Crippen LogP contribution in [-0.4, -0.2) is 41.7 Å². The first-order valence-electron chi connectivity index (χ1n) is 8.83. The second-order valence-corrected chi connectivity index (χ2v) is 8.83. The zero-order chi connectivity index (χ0) is 19.8. The van der Waals surface area contributed by atoms with Crippen molar-refractivity contribution in [1.82, 2.24) is 0 Å². The molecule has 0 spiro atoms. The van der Waals surface area contributed by atoms with Gasteiger partial charge in [0.1, 0.15) is 5.75 Å². The molecule has 0 unspecified atom stereocenters. The summed E-state index contributed by atoms with van der Waals surface area (Å²) in [4.78, 5) is 23.0. The molecule has 1 aromatic rings. The summed E-state index contributed by atoms with van der Waals surface area (Å²) in [6, 6.07) is 5.57. The molecule has 0 aromatic heterocycles. The van der Waals surface area contributed by atoms with E-state index in [9.17, 15) is 9.59 Å². The van der Waals surface area contributed by atoms with Crippen LogP contribution < -0.4 is 10.1 Å². The number of anilines is 1. The van der Waals surface area contributed by atoms with Crippen molar-refractivity contribution < 1.29 is 23.6 Å². The Morgan fingerprint density at radius 1 is 1.26 bits per heavy atom. The van der Waals surface area contributed by atoms with E-state index < -0.39 is 18.3 Å². The van der Waals surface area contributed by atoms with E-state index in [4.69, 9.17) is 14.0 Å². The third kappa shape index (κ3) is 4.39. The Morgan fingerprint density at radius 3 is 2.56 bits per heavy atom.